The third-order valence-corrected chi connectivity index (χ3v) is 1.85. The van der Waals surface area contributed by atoms with Gasteiger partial charge in [-0.05, 0) is 12.1 Å². The van der Waals surface area contributed by atoms with Gasteiger partial charge in [-0.1, -0.05) is 0 Å². The van der Waals surface area contributed by atoms with E-state index in [2.05, 4.69) is 0 Å². The van der Waals surface area contributed by atoms with E-state index in [-0.39, 0.29) is 17.7 Å². The van der Waals surface area contributed by atoms with Crippen molar-refractivity contribution in [1.29, 1.82) is 5.26 Å². The Balaban J connectivity index is 3.28. The number of ether oxygens (including phenoxy) is 2. The molecule has 0 radical (unpaired) electrons. The van der Waals surface area contributed by atoms with Crippen molar-refractivity contribution < 1.29 is 13.9 Å². The van der Waals surface area contributed by atoms with Gasteiger partial charge in [0.25, 0.3) is 0 Å². The molecule has 0 heterocycles. The van der Waals surface area contributed by atoms with E-state index in [0.717, 1.165) is 0 Å². The molecule has 1 aromatic carbocycles. The number of hydrogen-bond donors (Lipinski definition) is 0. The number of benzene rings is 1. The predicted octanol–water partition coefficient (Wildman–Crippen LogP) is 1.91. The monoisotopic (exact) mass is 195 g/mol. The van der Waals surface area contributed by atoms with Crippen LogP contribution in [0.15, 0.2) is 12.1 Å². The van der Waals surface area contributed by atoms with Crippen LogP contribution in [0.3, 0.4) is 0 Å². The molecule has 4 heteroatoms. The molecule has 0 aliphatic heterocycles. The van der Waals surface area contributed by atoms with Crippen molar-refractivity contribution in [3.63, 3.8) is 0 Å². The summed E-state index contributed by atoms with van der Waals surface area (Å²) in [5.41, 5.74) is 0.231. The summed E-state index contributed by atoms with van der Waals surface area (Å²) >= 11 is 0. The quantitative estimate of drug-likeness (QED) is 0.739. The summed E-state index contributed by atoms with van der Waals surface area (Å²) in [5.74, 6) is 0.261. The Bertz CT molecular complexity index is 371. The Morgan fingerprint density at radius 1 is 1.36 bits per heavy atom. The summed E-state index contributed by atoms with van der Waals surface area (Å²) < 4.78 is 23.2. The number of methoxy groups -OCH3 is 2. The zero-order valence-corrected chi connectivity index (χ0v) is 8.00. The lowest BCUT2D eigenvalue weighted by atomic mass is 10.1. The zero-order valence-electron chi connectivity index (χ0n) is 8.00. The zero-order chi connectivity index (χ0) is 10.6. The van der Waals surface area contributed by atoms with Crippen LogP contribution in [0, 0.1) is 17.1 Å². The fourth-order valence-corrected chi connectivity index (χ4v) is 1.21. The molecule has 0 amide bonds. The first-order chi connectivity index (χ1) is 6.74. The lowest BCUT2D eigenvalue weighted by Gasteiger charge is -2.11. The largest absolute Gasteiger partial charge is 0.493 e. The van der Waals surface area contributed by atoms with E-state index in [4.69, 9.17) is 14.7 Å². The van der Waals surface area contributed by atoms with Crippen molar-refractivity contribution in [3.05, 3.63) is 23.5 Å². The molecular weight excluding hydrogens is 185 g/mol. The van der Waals surface area contributed by atoms with Crippen molar-refractivity contribution in [3.8, 4) is 17.6 Å². The molecular formula is C10H10FNO2. The topological polar surface area (TPSA) is 42.2 Å². The van der Waals surface area contributed by atoms with Crippen LogP contribution in [0.4, 0.5) is 4.39 Å². The van der Waals surface area contributed by atoms with E-state index in [9.17, 15) is 4.39 Å². The van der Waals surface area contributed by atoms with Crippen LogP contribution in [-0.2, 0) is 6.42 Å². The van der Waals surface area contributed by atoms with Gasteiger partial charge in [0.15, 0.2) is 11.5 Å². The molecule has 0 saturated carbocycles. The molecule has 14 heavy (non-hydrogen) atoms. The van der Waals surface area contributed by atoms with E-state index >= 15 is 0 Å². The van der Waals surface area contributed by atoms with Crippen molar-refractivity contribution in [2.24, 2.45) is 0 Å². The maximum absolute atomic E-state index is 13.3. The van der Waals surface area contributed by atoms with Crippen LogP contribution in [-0.4, -0.2) is 14.2 Å². The third-order valence-electron chi connectivity index (χ3n) is 1.85. The summed E-state index contributed by atoms with van der Waals surface area (Å²) in [6.07, 6.45) is -0.0355. The van der Waals surface area contributed by atoms with Crippen LogP contribution in [0.2, 0.25) is 0 Å². The maximum Gasteiger partial charge on any atom is 0.167 e. The van der Waals surface area contributed by atoms with E-state index in [1.165, 1.54) is 26.4 Å². The Labute approximate surface area is 81.7 Å². The van der Waals surface area contributed by atoms with E-state index in [1.54, 1.807) is 0 Å². The highest BCUT2D eigenvalue weighted by molar-refractivity contribution is 5.48. The van der Waals surface area contributed by atoms with Crippen LogP contribution in [0.5, 0.6) is 11.5 Å². The number of halogens is 1. The molecule has 0 spiro atoms. The van der Waals surface area contributed by atoms with Gasteiger partial charge < -0.3 is 9.47 Å². The molecule has 0 atom stereocenters. The average molecular weight is 195 g/mol. The van der Waals surface area contributed by atoms with Crippen LogP contribution >= 0.6 is 0 Å². The smallest absolute Gasteiger partial charge is 0.167 e. The summed E-state index contributed by atoms with van der Waals surface area (Å²) in [5, 5.41) is 8.51. The second kappa shape index (κ2) is 4.47. The summed E-state index contributed by atoms with van der Waals surface area (Å²) in [6, 6.07) is 4.60. The van der Waals surface area contributed by atoms with Gasteiger partial charge in [-0.2, -0.15) is 5.26 Å². The second-order valence-electron chi connectivity index (χ2n) is 2.60. The molecule has 0 bridgehead atoms. The normalized spacial score (nSPS) is 9.29. The van der Waals surface area contributed by atoms with Crippen LogP contribution in [0.25, 0.3) is 0 Å². The first-order valence-corrected chi connectivity index (χ1v) is 4.01. The molecule has 3 nitrogen and oxygen atoms in total. The molecule has 0 saturated heterocycles. The van der Waals surface area contributed by atoms with Crippen molar-refractivity contribution in [2.45, 2.75) is 6.42 Å². The average Bonchev–Trinajstić information content (AvgIpc) is 2.21. The van der Waals surface area contributed by atoms with E-state index in [0.29, 0.717) is 5.75 Å². The fraction of sp³-hybridized carbons (Fsp3) is 0.300. The van der Waals surface area contributed by atoms with Gasteiger partial charge in [0.05, 0.1) is 26.7 Å². The summed E-state index contributed by atoms with van der Waals surface area (Å²) in [4.78, 5) is 0. The SMILES string of the molecule is COc1ccc(F)c(CC#N)c1OC. The Morgan fingerprint density at radius 3 is 2.57 bits per heavy atom. The Kier molecular flexibility index (Phi) is 3.29. The van der Waals surface area contributed by atoms with Crippen molar-refractivity contribution in [1.82, 2.24) is 0 Å². The van der Waals surface area contributed by atoms with Crippen molar-refractivity contribution >= 4 is 0 Å². The van der Waals surface area contributed by atoms with Gasteiger partial charge in [0, 0.05) is 5.56 Å². The van der Waals surface area contributed by atoms with Gasteiger partial charge in [-0.25, -0.2) is 4.39 Å². The first kappa shape index (κ1) is 10.3. The number of rotatable bonds is 3. The number of hydrogen-bond acceptors (Lipinski definition) is 3. The lowest BCUT2D eigenvalue weighted by molar-refractivity contribution is 0.349. The Hall–Kier alpha value is -1.76. The van der Waals surface area contributed by atoms with E-state index in [1.807, 2.05) is 6.07 Å². The van der Waals surface area contributed by atoms with Crippen molar-refractivity contribution in [2.75, 3.05) is 14.2 Å². The minimum absolute atomic E-state index is 0.0355. The molecule has 0 aliphatic rings. The minimum Gasteiger partial charge on any atom is -0.493 e. The van der Waals surface area contributed by atoms with Gasteiger partial charge in [-0.15, -0.1) is 0 Å². The lowest BCUT2D eigenvalue weighted by Crippen LogP contribution is -1.98. The van der Waals surface area contributed by atoms with Gasteiger partial charge >= 0.3 is 0 Å². The highest BCUT2D eigenvalue weighted by atomic mass is 19.1. The molecule has 1 rings (SSSR count). The highest BCUT2D eigenvalue weighted by Crippen LogP contribution is 2.32. The molecule has 0 unspecified atom stereocenters. The van der Waals surface area contributed by atoms with Gasteiger partial charge in [0.1, 0.15) is 5.82 Å². The number of nitriles is 1. The van der Waals surface area contributed by atoms with Gasteiger partial charge in [0.2, 0.25) is 0 Å². The molecule has 0 aliphatic carbocycles. The predicted molar refractivity (Wildman–Crippen MR) is 48.8 cm³/mol. The molecule has 0 fully saturated rings. The maximum atomic E-state index is 13.3. The number of nitrogens with zero attached hydrogens (tertiary/aromatic N) is 1. The Morgan fingerprint density at radius 2 is 2.07 bits per heavy atom. The summed E-state index contributed by atoms with van der Waals surface area (Å²) in [7, 11) is 2.88. The molecule has 0 aromatic heterocycles. The van der Waals surface area contributed by atoms with Gasteiger partial charge in [-0.3, -0.25) is 0 Å². The first-order valence-electron chi connectivity index (χ1n) is 4.01. The van der Waals surface area contributed by atoms with E-state index < -0.39 is 5.82 Å². The second-order valence-corrected chi connectivity index (χ2v) is 2.60. The standard InChI is InChI=1S/C10H10FNO2/c1-13-9-4-3-8(11)7(5-6-12)10(9)14-2/h3-4H,5H2,1-2H3. The third kappa shape index (κ3) is 1.77. The minimum atomic E-state index is -0.454. The van der Waals surface area contributed by atoms with Crippen LogP contribution < -0.4 is 9.47 Å². The molecule has 1 aromatic rings. The molecule has 0 N–H and O–H groups in total. The molecule has 74 valence electrons. The fourth-order valence-electron chi connectivity index (χ4n) is 1.21. The summed E-state index contributed by atoms with van der Waals surface area (Å²) in [6.45, 7) is 0. The van der Waals surface area contributed by atoms with Crippen LogP contribution in [0.1, 0.15) is 5.56 Å². The highest BCUT2D eigenvalue weighted by Gasteiger charge is 2.14.